The molecule has 0 aliphatic heterocycles. The molecule has 0 radical (unpaired) electrons. The number of aromatic nitrogens is 4. The molecule has 2 N–H and O–H groups in total. The van der Waals surface area contributed by atoms with Crippen molar-refractivity contribution in [3.63, 3.8) is 0 Å². The number of hydrogen-bond acceptors (Lipinski definition) is 6. The number of hydrogen-bond donors (Lipinski definition) is 2. The summed E-state index contributed by atoms with van der Waals surface area (Å²) >= 11 is 0. The first-order chi connectivity index (χ1) is 13.2. The van der Waals surface area contributed by atoms with Crippen molar-refractivity contribution in [3.05, 3.63) is 84.5 Å². The second kappa shape index (κ2) is 9.14. The molecule has 0 bridgehead atoms. The molecule has 1 atom stereocenters. The van der Waals surface area contributed by atoms with Gasteiger partial charge in [-0.2, -0.15) is 0 Å². The Kier molecular flexibility index (Phi) is 6.13. The topological polar surface area (TPSA) is 110 Å². The molecule has 27 heavy (non-hydrogen) atoms. The van der Waals surface area contributed by atoms with Crippen LogP contribution in [0.3, 0.4) is 0 Å². The Hall–Kier alpha value is -3.68. The van der Waals surface area contributed by atoms with Crippen molar-refractivity contribution in [3.8, 4) is 0 Å². The Morgan fingerprint density at radius 3 is 2.07 bits per heavy atom. The number of carbonyl (C=O) groups excluding carboxylic acids is 2. The molecule has 2 heterocycles. The van der Waals surface area contributed by atoms with Crippen LogP contribution in [0.25, 0.3) is 0 Å². The zero-order valence-electron chi connectivity index (χ0n) is 14.4. The van der Waals surface area contributed by atoms with Gasteiger partial charge in [0, 0.05) is 31.3 Å². The maximum absolute atomic E-state index is 12.4. The number of nitrogens with one attached hydrogen (secondary N) is 2. The van der Waals surface area contributed by atoms with E-state index in [1.807, 2.05) is 30.3 Å². The van der Waals surface area contributed by atoms with E-state index in [2.05, 4.69) is 30.6 Å². The van der Waals surface area contributed by atoms with Crippen LogP contribution in [-0.4, -0.2) is 44.3 Å². The highest BCUT2D eigenvalue weighted by atomic mass is 16.2. The lowest BCUT2D eigenvalue weighted by Gasteiger charge is -2.19. The van der Waals surface area contributed by atoms with Crippen molar-refractivity contribution in [2.75, 3.05) is 6.54 Å². The van der Waals surface area contributed by atoms with E-state index in [9.17, 15) is 9.59 Å². The zero-order valence-corrected chi connectivity index (χ0v) is 14.4. The van der Waals surface area contributed by atoms with Crippen molar-refractivity contribution in [1.29, 1.82) is 0 Å². The lowest BCUT2D eigenvalue weighted by Crippen LogP contribution is -2.45. The Morgan fingerprint density at radius 1 is 0.852 bits per heavy atom. The molecule has 3 rings (SSSR count). The van der Waals surface area contributed by atoms with Crippen LogP contribution in [0.1, 0.15) is 26.5 Å². The third kappa shape index (κ3) is 5.40. The standard InChI is InChI=1S/C19H18N6O2/c26-18(16-12-20-6-8-22-16)24-11-15(10-14-4-2-1-3-5-14)25-19(27)17-13-21-7-9-23-17/h1-9,12-13,15H,10-11H2,(H,24,26)(H,25,27). The van der Waals surface area contributed by atoms with E-state index in [0.29, 0.717) is 6.42 Å². The van der Waals surface area contributed by atoms with E-state index in [0.717, 1.165) is 5.56 Å². The maximum atomic E-state index is 12.4. The minimum absolute atomic E-state index is 0.218. The summed E-state index contributed by atoms with van der Waals surface area (Å²) in [7, 11) is 0. The SMILES string of the molecule is O=C(NCC(Cc1ccccc1)NC(=O)c1cnccn1)c1cnccn1. The predicted octanol–water partition coefficient (Wildman–Crippen LogP) is 1.04. The highest BCUT2D eigenvalue weighted by Crippen LogP contribution is 2.04. The lowest BCUT2D eigenvalue weighted by molar-refractivity contribution is 0.0903. The van der Waals surface area contributed by atoms with Crippen molar-refractivity contribution in [2.45, 2.75) is 12.5 Å². The molecule has 2 aromatic heterocycles. The normalized spacial score (nSPS) is 11.4. The van der Waals surface area contributed by atoms with Crippen molar-refractivity contribution < 1.29 is 9.59 Å². The molecule has 1 aromatic carbocycles. The van der Waals surface area contributed by atoms with Gasteiger partial charge in [0.15, 0.2) is 0 Å². The van der Waals surface area contributed by atoms with Gasteiger partial charge < -0.3 is 10.6 Å². The van der Waals surface area contributed by atoms with Crippen molar-refractivity contribution in [1.82, 2.24) is 30.6 Å². The van der Waals surface area contributed by atoms with Gasteiger partial charge in [0.05, 0.1) is 18.4 Å². The fraction of sp³-hybridized carbons (Fsp3) is 0.158. The summed E-state index contributed by atoms with van der Waals surface area (Å²) < 4.78 is 0. The summed E-state index contributed by atoms with van der Waals surface area (Å²) in [5.41, 5.74) is 1.47. The molecule has 2 amide bonds. The number of rotatable bonds is 7. The van der Waals surface area contributed by atoms with Crippen LogP contribution in [0.15, 0.2) is 67.5 Å². The molecule has 3 aromatic rings. The highest BCUT2D eigenvalue weighted by molar-refractivity contribution is 5.93. The summed E-state index contributed by atoms with van der Waals surface area (Å²) in [5.74, 6) is -0.701. The Labute approximate surface area is 156 Å². The molecule has 136 valence electrons. The van der Waals surface area contributed by atoms with Gasteiger partial charge in [0.2, 0.25) is 0 Å². The van der Waals surface area contributed by atoms with Crippen molar-refractivity contribution in [2.24, 2.45) is 0 Å². The van der Waals surface area contributed by atoms with Crippen LogP contribution in [0, 0.1) is 0 Å². The number of carbonyl (C=O) groups is 2. The van der Waals surface area contributed by atoms with Crippen LogP contribution >= 0.6 is 0 Å². The summed E-state index contributed by atoms with van der Waals surface area (Å²) in [4.78, 5) is 40.4. The van der Waals surface area contributed by atoms with E-state index in [-0.39, 0.29) is 35.8 Å². The average Bonchev–Trinajstić information content (AvgIpc) is 2.73. The van der Waals surface area contributed by atoms with E-state index >= 15 is 0 Å². The van der Waals surface area contributed by atoms with Gasteiger partial charge in [0.25, 0.3) is 11.8 Å². The van der Waals surface area contributed by atoms with E-state index < -0.39 is 0 Å². The minimum Gasteiger partial charge on any atom is -0.349 e. The molecule has 0 aliphatic carbocycles. The summed E-state index contributed by atoms with van der Waals surface area (Å²) in [6.07, 6.45) is 9.24. The predicted molar refractivity (Wildman–Crippen MR) is 97.8 cm³/mol. The zero-order chi connectivity index (χ0) is 18.9. The first-order valence-electron chi connectivity index (χ1n) is 8.37. The maximum Gasteiger partial charge on any atom is 0.271 e. The second-order valence-electron chi connectivity index (χ2n) is 5.75. The first kappa shape index (κ1) is 18.1. The Bertz CT molecular complexity index is 874. The van der Waals surface area contributed by atoms with Gasteiger partial charge in [-0.05, 0) is 12.0 Å². The summed E-state index contributed by atoms with van der Waals surface area (Å²) in [6, 6.07) is 9.37. The first-order valence-corrected chi connectivity index (χ1v) is 8.37. The third-order valence-corrected chi connectivity index (χ3v) is 3.76. The van der Waals surface area contributed by atoms with E-state index in [4.69, 9.17) is 0 Å². The lowest BCUT2D eigenvalue weighted by atomic mass is 10.1. The summed E-state index contributed by atoms with van der Waals surface area (Å²) in [5, 5.41) is 5.68. The highest BCUT2D eigenvalue weighted by Gasteiger charge is 2.17. The molecule has 0 saturated carbocycles. The van der Waals surface area contributed by atoms with Crippen LogP contribution < -0.4 is 10.6 Å². The van der Waals surface area contributed by atoms with E-state index in [1.165, 1.54) is 37.2 Å². The third-order valence-electron chi connectivity index (χ3n) is 3.76. The molecular formula is C19H18N6O2. The molecular weight excluding hydrogens is 344 g/mol. The van der Waals surface area contributed by atoms with Gasteiger partial charge >= 0.3 is 0 Å². The molecule has 0 aliphatic rings. The molecule has 0 fully saturated rings. The van der Waals surface area contributed by atoms with Crippen LogP contribution in [0.4, 0.5) is 0 Å². The van der Waals surface area contributed by atoms with Gasteiger partial charge in [0.1, 0.15) is 11.4 Å². The van der Waals surface area contributed by atoms with Gasteiger partial charge in [-0.15, -0.1) is 0 Å². The fourth-order valence-electron chi connectivity index (χ4n) is 2.47. The molecule has 0 spiro atoms. The quantitative estimate of drug-likeness (QED) is 0.650. The largest absolute Gasteiger partial charge is 0.349 e. The number of benzene rings is 1. The van der Waals surface area contributed by atoms with Crippen LogP contribution in [-0.2, 0) is 6.42 Å². The molecule has 8 heteroatoms. The smallest absolute Gasteiger partial charge is 0.271 e. The fourth-order valence-corrected chi connectivity index (χ4v) is 2.47. The van der Waals surface area contributed by atoms with Gasteiger partial charge in [-0.25, -0.2) is 9.97 Å². The average molecular weight is 362 g/mol. The van der Waals surface area contributed by atoms with E-state index in [1.54, 1.807) is 0 Å². The van der Waals surface area contributed by atoms with Crippen LogP contribution in [0.2, 0.25) is 0 Å². The second-order valence-corrected chi connectivity index (χ2v) is 5.75. The van der Waals surface area contributed by atoms with Gasteiger partial charge in [-0.3, -0.25) is 19.6 Å². The Morgan fingerprint density at radius 2 is 1.48 bits per heavy atom. The van der Waals surface area contributed by atoms with Crippen LogP contribution in [0.5, 0.6) is 0 Å². The minimum atomic E-state index is -0.352. The molecule has 1 unspecified atom stereocenters. The number of nitrogens with zero attached hydrogens (tertiary/aromatic N) is 4. The van der Waals surface area contributed by atoms with Gasteiger partial charge in [-0.1, -0.05) is 30.3 Å². The number of amides is 2. The molecule has 0 saturated heterocycles. The molecule has 8 nitrogen and oxygen atoms in total. The Balaban J connectivity index is 1.67. The van der Waals surface area contributed by atoms with Crippen molar-refractivity contribution >= 4 is 11.8 Å². The monoisotopic (exact) mass is 362 g/mol. The summed E-state index contributed by atoms with van der Waals surface area (Å²) in [6.45, 7) is 0.232.